The van der Waals surface area contributed by atoms with Crippen molar-refractivity contribution in [1.29, 1.82) is 0 Å². The molecule has 1 fully saturated rings. The first-order chi connectivity index (χ1) is 13.7. The molecule has 146 valence electrons. The van der Waals surface area contributed by atoms with Gasteiger partial charge >= 0.3 is 6.01 Å². The summed E-state index contributed by atoms with van der Waals surface area (Å²) in [6, 6.07) is 8.42. The summed E-state index contributed by atoms with van der Waals surface area (Å²) in [6.45, 7) is 0. The third-order valence-electron chi connectivity index (χ3n) is 4.82. The number of thioether (sulfide) groups is 1. The number of H-pyrrole nitrogens is 1. The lowest BCUT2D eigenvalue weighted by atomic mass is 9.93. The number of carbonyl (C=O) groups excluding carboxylic acids is 1. The van der Waals surface area contributed by atoms with Gasteiger partial charge in [0.25, 0.3) is 0 Å². The molecule has 1 aliphatic carbocycles. The van der Waals surface area contributed by atoms with E-state index in [0.29, 0.717) is 5.75 Å². The van der Waals surface area contributed by atoms with Crippen LogP contribution in [0.2, 0.25) is 0 Å². The van der Waals surface area contributed by atoms with Gasteiger partial charge in [-0.2, -0.15) is 0 Å². The standard InChI is InChI=1S/C20H21FN4O2S/c21-13-9-23-20(24-10-13)27-15-7-5-14(6-8-15)25-19(26)12-28-18-11-22-17-4-2-1-3-16(17)18/h1-4,9-11,14-15,22H,5-8,12H2,(H,25,26). The van der Waals surface area contributed by atoms with Crippen molar-refractivity contribution in [2.24, 2.45) is 0 Å². The number of hydrogen-bond donors (Lipinski definition) is 2. The zero-order chi connectivity index (χ0) is 19.3. The Kier molecular flexibility index (Phi) is 5.76. The molecule has 0 spiro atoms. The minimum absolute atomic E-state index is 0.000733. The fraction of sp³-hybridized carbons (Fsp3) is 0.350. The molecule has 0 aliphatic heterocycles. The Bertz CT molecular complexity index is 939. The van der Waals surface area contributed by atoms with Crippen LogP contribution in [-0.4, -0.2) is 38.8 Å². The summed E-state index contributed by atoms with van der Waals surface area (Å²) in [5.41, 5.74) is 1.08. The highest BCUT2D eigenvalue weighted by molar-refractivity contribution is 8.00. The summed E-state index contributed by atoms with van der Waals surface area (Å²) >= 11 is 1.54. The maximum absolute atomic E-state index is 12.8. The number of rotatable bonds is 6. The lowest BCUT2D eigenvalue weighted by Gasteiger charge is -2.28. The number of halogens is 1. The molecule has 0 radical (unpaired) electrons. The van der Waals surface area contributed by atoms with Crippen LogP contribution in [0.15, 0.2) is 47.8 Å². The van der Waals surface area contributed by atoms with E-state index < -0.39 is 5.82 Å². The van der Waals surface area contributed by atoms with E-state index in [4.69, 9.17) is 4.74 Å². The summed E-state index contributed by atoms with van der Waals surface area (Å²) in [5.74, 6) is -0.0485. The van der Waals surface area contributed by atoms with Crippen LogP contribution in [0.4, 0.5) is 4.39 Å². The molecule has 0 bridgehead atoms. The Morgan fingerprint density at radius 2 is 1.96 bits per heavy atom. The fourth-order valence-electron chi connectivity index (χ4n) is 3.41. The monoisotopic (exact) mass is 400 g/mol. The summed E-state index contributed by atoms with van der Waals surface area (Å²) < 4.78 is 18.5. The minimum atomic E-state index is -0.482. The number of hydrogen-bond acceptors (Lipinski definition) is 5. The van der Waals surface area contributed by atoms with E-state index in [1.54, 1.807) is 11.8 Å². The second-order valence-electron chi connectivity index (χ2n) is 6.83. The van der Waals surface area contributed by atoms with E-state index in [1.807, 2.05) is 24.4 Å². The summed E-state index contributed by atoms with van der Waals surface area (Å²) in [4.78, 5) is 24.3. The molecule has 1 aliphatic rings. The molecule has 1 saturated carbocycles. The number of carbonyl (C=O) groups is 1. The molecule has 2 heterocycles. The topological polar surface area (TPSA) is 79.9 Å². The highest BCUT2D eigenvalue weighted by atomic mass is 32.2. The van der Waals surface area contributed by atoms with Gasteiger partial charge in [-0.05, 0) is 31.7 Å². The van der Waals surface area contributed by atoms with Crippen LogP contribution in [0.5, 0.6) is 6.01 Å². The summed E-state index contributed by atoms with van der Waals surface area (Å²) in [7, 11) is 0. The molecule has 2 aromatic heterocycles. The van der Waals surface area contributed by atoms with Crippen LogP contribution in [0.3, 0.4) is 0 Å². The Labute approximate surface area is 166 Å². The zero-order valence-corrected chi connectivity index (χ0v) is 16.0. The molecular weight excluding hydrogens is 379 g/mol. The molecule has 6 nitrogen and oxygen atoms in total. The number of aromatic amines is 1. The second kappa shape index (κ2) is 8.60. The highest BCUT2D eigenvalue weighted by Crippen LogP contribution is 2.28. The van der Waals surface area contributed by atoms with Gasteiger partial charge in [0.2, 0.25) is 5.91 Å². The Morgan fingerprint density at radius 3 is 2.75 bits per heavy atom. The predicted octanol–water partition coefficient (Wildman–Crippen LogP) is 3.70. The molecule has 28 heavy (non-hydrogen) atoms. The van der Waals surface area contributed by atoms with Crippen LogP contribution in [0.1, 0.15) is 25.7 Å². The lowest BCUT2D eigenvalue weighted by Crippen LogP contribution is -2.40. The molecule has 1 aromatic carbocycles. The molecule has 8 heteroatoms. The summed E-state index contributed by atoms with van der Waals surface area (Å²) in [6.07, 6.45) is 7.44. The third kappa shape index (κ3) is 4.62. The number of amides is 1. The van der Waals surface area contributed by atoms with Crippen molar-refractivity contribution < 1.29 is 13.9 Å². The van der Waals surface area contributed by atoms with Crippen molar-refractivity contribution in [2.45, 2.75) is 42.7 Å². The molecule has 0 unspecified atom stereocenters. The minimum Gasteiger partial charge on any atom is -0.460 e. The van der Waals surface area contributed by atoms with E-state index in [2.05, 4.69) is 26.3 Å². The van der Waals surface area contributed by atoms with Crippen LogP contribution in [0.25, 0.3) is 10.9 Å². The Hall–Kier alpha value is -2.61. The van der Waals surface area contributed by atoms with Crippen molar-refractivity contribution in [3.8, 4) is 6.01 Å². The number of nitrogens with zero attached hydrogens (tertiary/aromatic N) is 2. The van der Waals surface area contributed by atoms with Crippen molar-refractivity contribution in [2.75, 3.05) is 5.75 Å². The van der Waals surface area contributed by atoms with Gasteiger partial charge in [0.05, 0.1) is 18.1 Å². The lowest BCUT2D eigenvalue weighted by molar-refractivity contribution is -0.119. The number of aromatic nitrogens is 3. The Balaban J connectivity index is 1.21. The van der Waals surface area contributed by atoms with E-state index in [9.17, 15) is 9.18 Å². The summed E-state index contributed by atoms with van der Waals surface area (Å²) in [5, 5.41) is 4.25. The van der Waals surface area contributed by atoms with Crippen LogP contribution in [0, 0.1) is 5.82 Å². The average molecular weight is 400 g/mol. The number of fused-ring (bicyclic) bond motifs is 1. The molecule has 1 amide bonds. The quantitative estimate of drug-likeness (QED) is 0.617. The fourth-order valence-corrected chi connectivity index (χ4v) is 4.26. The number of nitrogens with one attached hydrogen (secondary N) is 2. The van der Waals surface area contributed by atoms with Gasteiger partial charge in [-0.15, -0.1) is 11.8 Å². The van der Waals surface area contributed by atoms with Crippen molar-refractivity contribution in [1.82, 2.24) is 20.3 Å². The van der Waals surface area contributed by atoms with E-state index in [0.717, 1.165) is 53.9 Å². The number of ether oxygens (including phenoxy) is 1. The molecular formula is C20H21FN4O2S. The second-order valence-corrected chi connectivity index (χ2v) is 7.85. The van der Waals surface area contributed by atoms with Gasteiger partial charge in [0, 0.05) is 28.0 Å². The first kappa shape index (κ1) is 18.7. The van der Waals surface area contributed by atoms with Crippen molar-refractivity contribution in [3.63, 3.8) is 0 Å². The molecule has 3 aromatic rings. The van der Waals surface area contributed by atoms with Gasteiger partial charge in [0.15, 0.2) is 5.82 Å². The first-order valence-corrected chi connectivity index (χ1v) is 10.3. The third-order valence-corrected chi connectivity index (χ3v) is 5.87. The highest BCUT2D eigenvalue weighted by Gasteiger charge is 2.24. The van der Waals surface area contributed by atoms with Crippen LogP contribution in [-0.2, 0) is 4.79 Å². The molecule has 2 N–H and O–H groups in total. The van der Waals surface area contributed by atoms with Gasteiger partial charge < -0.3 is 15.0 Å². The van der Waals surface area contributed by atoms with Gasteiger partial charge in [-0.1, -0.05) is 18.2 Å². The SMILES string of the molecule is O=C(CSc1c[nH]c2ccccc12)NC1CCC(Oc2ncc(F)cn2)CC1. The average Bonchev–Trinajstić information content (AvgIpc) is 3.13. The van der Waals surface area contributed by atoms with E-state index in [1.165, 1.54) is 0 Å². The van der Waals surface area contributed by atoms with Crippen molar-refractivity contribution >= 4 is 28.6 Å². The first-order valence-electron chi connectivity index (χ1n) is 9.30. The number of benzene rings is 1. The maximum atomic E-state index is 12.8. The van der Waals surface area contributed by atoms with E-state index in [-0.39, 0.29) is 24.1 Å². The van der Waals surface area contributed by atoms with Gasteiger partial charge in [-0.25, -0.2) is 14.4 Å². The Morgan fingerprint density at radius 1 is 1.21 bits per heavy atom. The maximum Gasteiger partial charge on any atom is 0.316 e. The van der Waals surface area contributed by atoms with E-state index >= 15 is 0 Å². The normalized spacial score (nSPS) is 19.5. The predicted molar refractivity (Wildman–Crippen MR) is 106 cm³/mol. The molecule has 0 saturated heterocycles. The molecule has 0 atom stereocenters. The van der Waals surface area contributed by atoms with Crippen LogP contribution < -0.4 is 10.1 Å². The van der Waals surface area contributed by atoms with Crippen LogP contribution >= 0.6 is 11.8 Å². The number of para-hydroxylation sites is 1. The van der Waals surface area contributed by atoms with Gasteiger partial charge in [-0.3, -0.25) is 4.79 Å². The molecule has 4 rings (SSSR count). The smallest absolute Gasteiger partial charge is 0.316 e. The van der Waals surface area contributed by atoms with Crippen molar-refractivity contribution in [3.05, 3.63) is 48.7 Å². The largest absolute Gasteiger partial charge is 0.460 e. The van der Waals surface area contributed by atoms with Gasteiger partial charge in [0.1, 0.15) is 6.10 Å². The zero-order valence-electron chi connectivity index (χ0n) is 15.2.